The van der Waals surface area contributed by atoms with Gasteiger partial charge in [0.05, 0.1) is 0 Å². The first-order chi connectivity index (χ1) is 7.72. The Bertz CT molecular complexity index is 441. The van der Waals surface area contributed by atoms with Crippen molar-refractivity contribution in [1.82, 2.24) is 4.98 Å². The lowest BCUT2D eigenvalue weighted by atomic mass is 10.1. The molecule has 0 saturated carbocycles. The number of nitrogens with zero attached hydrogens (tertiary/aromatic N) is 3. The molecule has 0 spiro atoms. The van der Waals surface area contributed by atoms with E-state index in [-0.39, 0.29) is 5.69 Å². The van der Waals surface area contributed by atoms with Crippen LogP contribution in [-0.4, -0.2) is 29.1 Å². The molecule has 1 aromatic heterocycles. The molecule has 0 unspecified atom stereocenters. The zero-order chi connectivity index (χ0) is 11.5. The lowest BCUT2D eigenvalue weighted by Crippen LogP contribution is -2.29. The summed E-state index contributed by atoms with van der Waals surface area (Å²) in [6, 6.07) is 1.86. The summed E-state index contributed by atoms with van der Waals surface area (Å²) in [5, 5.41) is 17.6. The third-order valence-electron chi connectivity index (χ3n) is 2.54. The number of nitriles is 1. The highest BCUT2D eigenvalue weighted by Crippen LogP contribution is 2.24. The van der Waals surface area contributed by atoms with Crippen LogP contribution in [0.5, 0.6) is 0 Å². The molecule has 1 fully saturated rings. The molecule has 0 aromatic carbocycles. The Morgan fingerprint density at radius 2 is 2.12 bits per heavy atom. The van der Waals surface area contributed by atoms with Crippen LogP contribution in [-0.2, 0) is 0 Å². The molecule has 1 aliphatic rings. The van der Waals surface area contributed by atoms with Gasteiger partial charge in [-0.1, -0.05) is 0 Å². The lowest BCUT2D eigenvalue weighted by Gasteiger charge is -2.25. The quantitative estimate of drug-likeness (QED) is 0.807. The fourth-order valence-corrected chi connectivity index (χ4v) is 1.79. The van der Waals surface area contributed by atoms with Crippen molar-refractivity contribution in [3.8, 4) is 6.07 Å². The average molecular weight is 221 g/mol. The summed E-state index contributed by atoms with van der Waals surface area (Å²) in [6.45, 7) is 1.56. The zero-order valence-electron chi connectivity index (χ0n) is 8.64. The number of carbonyl (C=O) groups is 1. The molecule has 0 radical (unpaired) electrons. The summed E-state index contributed by atoms with van der Waals surface area (Å²) >= 11 is 0. The predicted octanol–water partition coefficient (Wildman–Crippen LogP) is 1.23. The highest BCUT2D eigenvalue weighted by atomic mass is 16.4. The number of piperidine rings is 1. The number of carboxylic acid groups (broad SMARTS) is 1. The predicted molar refractivity (Wildman–Crippen MR) is 54.2 cm³/mol. The Labute approximate surface area is 92.1 Å². The monoisotopic (exact) mass is 221 g/mol. The smallest absolute Gasteiger partial charge is 0.392 e. The van der Waals surface area contributed by atoms with Crippen LogP contribution < -0.4 is 4.90 Å². The van der Waals surface area contributed by atoms with Crippen molar-refractivity contribution in [3.63, 3.8) is 0 Å². The van der Waals surface area contributed by atoms with E-state index in [1.807, 2.05) is 11.0 Å². The third kappa shape index (κ3) is 1.84. The molecule has 0 aliphatic carbocycles. The first kappa shape index (κ1) is 10.5. The maximum absolute atomic E-state index is 10.7. The molecule has 1 aromatic rings. The van der Waals surface area contributed by atoms with Crippen LogP contribution in [0.25, 0.3) is 0 Å². The Hall–Kier alpha value is -2.03. The number of rotatable bonds is 2. The van der Waals surface area contributed by atoms with Gasteiger partial charge in [0.2, 0.25) is 11.6 Å². The molecule has 0 amide bonds. The van der Waals surface area contributed by atoms with Crippen LogP contribution in [0.15, 0.2) is 4.42 Å². The summed E-state index contributed by atoms with van der Waals surface area (Å²) in [4.78, 5) is 16.2. The summed E-state index contributed by atoms with van der Waals surface area (Å²) in [7, 11) is 0. The van der Waals surface area contributed by atoms with E-state index in [4.69, 9.17) is 14.8 Å². The SMILES string of the molecule is N#Cc1nc(C(=O)O)oc1N1CCCCC1. The molecule has 2 rings (SSSR count). The maximum atomic E-state index is 10.7. The van der Waals surface area contributed by atoms with Gasteiger partial charge in [-0.05, 0) is 19.3 Å². The Morgan fingerprint density at radius 3 is 2.69 bits per heavy atom. The normalized spacial score (nSPS) is 15.8. The van der Waals surface area contributed by atoms with Gasteiger partial charge < -0.3 is 14.4 Å². The van der Waals surface area contributed by atoms with E-state index in [1.165, 1.54) is 0 Å². The highest BCUT2D eigenvalue weighted by molar-refractivity contribution is 5.83. The number of carboxylic acids is 1. The van der Waals surface area contributed by atoms with Gasteiger partial charge in [-0.2, -0.15) is 10.2 Å². The van der Waals surface area contributed by atoms with Gasteiger partial charge in [0.15, 0.2) is 0 Å². The minimum atomic E-state index is -1.25. The van der Waals surface area contributed by atoms with Crippen molar-refractivity contribution in [3.05, 3.63) is 11.6 Å². The minimum Gasteiger partial charge on any atom is -0.474 e. The van der Waals surface area contributed by atoms with Gasteiger partial charge in [-0.15, -0.1) is 0 Å². The second kappa shape index (κ2) is 4.23. The largest absolute Gasteiger partial charge is 0.474 e. The Kier molecular flexibility index (Phi) is 2.77. The van der Waals surface area contributed by atoms with Gasteiger partial charge >= 0.3 is 11.9 Å². The van der Waals surface area contributed by atoms with E-state index in [2.05, 4.69) is 4.98 Å². The Balaban J connectivity index is 2.31. The number of anilines is 1. The van der Waals surface area contributed by atoms with E-state index >= 15 is 0 Å². The Morgan fingerprint density at radius 1 is 1.44 bits per heavy atom. The number of hydrogen-bond donors (Lipinski definition) is 1. The van der Waals surface area contributed by atoms with Crippen LogP contribution in [0.2, 0.25) is 0 Å². The van der Waals surface area contributed by atoms with Crippen molar-refractivity contribution in [1.29, 1.82) is 5.26 Å². The van der Waals surface area contributed by atoms with Crippen molar-refractivity contribution in [2.75, 3.05) is 18.0 Å². The molecule has 0 atom stereocenters. The van der Waals surface area contributed by atoms with Crippen LogP contribution in [0.4, 0.5) is 5.88 Å². The van der Waals surface area contributed by atoms with Crippen LogP contribution >= 0.6 is 0 Å². The van der Waals surface area contributed by atoms with E-state index in [9.17, 15) is 4.79 Å². The standard InChI is InChI=1S/C10H11N3O3/c11-6-7-9(13-4-2-1-3-5-13)16-8(12-7)10(14)15/h1-5H2,(H,14,15). The maximum Gasteiger partial charge on any atom is 0.392 e. The fraction of sp³-hybridized carbons (Fsp3) is 0.500. The number of aromatic carboxylic acids is 1. The van der Waals surface area contributed by atoms with Crippen molar-refractivity contribution >= 4 is 11.9 Å². The van der Waals surface area contributed by atoms with Crippen LogP contribution in [0.3, 0.4) is 0 Å². The summed E-state index contributed by atoms with van der Waals surface area (Å²) in [6.07, 6.45) is 3.19. The molecular weight excluding hydrogens is 210 g/mol. The minimum absolute atomic E-state index is 0.0549. The number of oxazole rings is 1. The molecule has 84 valence electrons. The summed E-state index contributed by atoms with van der Waals surface area (Å²) in [5.41, 5.74) is 0.0549. The topological polar surface area (TPSA) is 90.4 Å². The first-order valence-electron chi connectivity index (χ1n) is 5.11. The zero-order valence-corrected chi connectivity index (χ0v) is 8.64. The number of hydrogen-bond acceptors (Lipinski definition) is 5. The summed E-state index contributed by atoms with van der Waals surface area (Å²) < 4.78 is 5.10. The second-order valence-electron chi connectivity index (χ2n) is 3.64. The molecule has 0 bridgehead atoms. The van der Waals surface area contributed by atoms with Crippen molar-refractivity contribution < 1.29 is 14.3 Å². The first-order valence-corrected chi connectivity index (χ1v) is 5.11. The van der Waals surface area contributed by atoms with Gasteiger partial charge in [0.1, 0.15) is 6.07 Å². The molecule has 1 N–H and O–H groups in total. The van der Waals surface area contributed by atoms with Gasteiger partial charge in [0, 0.05) is 13.1 Å². The highest BCUT2D eigenvalue weighted by Gasteiger charge is 2.23. The van der Waals surface area contributed by atoms with Crippen molar-refractivity contribution in [2.45, 2.75) is 19.3 Å². The third-order valence-corrected chi connectivity index (χ3v) is 2.54. The molecule has 2 heterocycles. The molecule has 6 nitrogen and oxygen atoms in total. The van der Waals surface area contributed by atoms with Crippen molar-refractivity contribution in [2.24, 2.45) is 0 Å². The molecule has 6 heteroatoms. The van der Waals surface area contributed by atoms with Crippen LogP contribution in [0, 0.1) is 11.3 Å². The fourth-order valence-electron chi connectivity index (χ4n) is 1.79. The second-order valence-corrected chi connectivity index (χ2v) is 3.64. The number of aromatic nitrogens is 1. The molecule has 1 aliphatic heterocycles. The van der Waals surface area contributed by atoms with E-state index in [1.54, 1.807) is 0 Å². The van der Waals surface area contributed by atoms with Crippen LogP contribution in [0.1, 0.15) is 35.6 Å². The van der Waals surface area contributed by atoms with E-state index in [0.717, 1.165) is 32.4 Å². The van der Waals surface area contributed by atoms with E-state index in [0.29, 0.717) is 5.88 Å². The molecule has 16 heavy (non-hydrogen) atoms. The lowest BCUT2D eigenvalue weighted by molar-refractivity contribution is 0.0654. The van der Waals surface area contributed by atoms with Gasteiger partial charge in [0.25, 0.3) is 0 Å². The van der Waals surface area contributed by atoms with Gasteiger partial charge in [-0.3, -0.25) is 0 Å². The molecule has 1 saturated heterocycles. The van der Waals surface area contributed by atoms with E-state index < -0.39 is 11.9 Å². The van der Waals surface area contributed by atoms with Gasteiger partial charge in [-0.25, -0.2) is 4.79 Å². The average Bonchev–Trinajstić information content (AvgIpc) is 2.74. The molecular formula is C10H11N3O3. The summed E-state index contributed by atoms with van der Waals surface area (Å²) in [5.74, 6) is -1.38.